The second-order valence-electron chi connectivity index (χ2n) is 5.28. The van der Waals surface area contributed by atoms with Gasteiger partial charge in [-0.3, -0.25) is 9.89 Å². The topological polar surface area (TPSA) is 69.8 Å². The third-order valence-corrected chi connectivity index (χ3v) is 3.73. The van der Waals surface area contributed by atoms with Crippen molar-refractivity contribution in [2.75, 3.05) is 10.6 Å². The van der Waals surface area contributed by atoms with Gasteiger partial charge < -0.3 is 10.6 Å². The average Bonchev–Trinajstić information content (AvgIpc) is 3.03. The molecule has 0 spiro atoms. The van der Waals surface area contributed by atoms with Gasteiger partial charge in [-0.25, -0.2) is 0 Å². The molecular formula is C18H17ClN4O. The average molecular weight is 341 g/mol. The van der Waals surface area contributed by atoms with Gasteiger partial charge in [-0.15, -0.1) is 0 Å². The molecule has 0 aliphatic carbocycles. The summed E-state index contributed by atoms with van der Waals surface area (Å²) in [4.78, 5) is 11.6. The number of carbonyl (C=O) groups is 1. The Bertz CT molecular complexity index is 859. The van der Waals surface area contributed by atoms with Crippen LogP contribution in [-0.2, 0) is 4.79 Å². The number of anilines is 3. The van der Waals surface area contributed by atoms with Gasteiger partial charge in [0.05, 0.1) is 17.6 Å². The molecule has 1 heterocycles. The lowest BCUT2D eigenvalue weighted by atomic mass is 10.1. The second kappa shape index (κ2) is 7.19. The summed E-state index contributed by atoms with van der Waals surface area (Å²) in [5.74, 6) is -0.0194. The lowest BCUT2D eigenvalue weighted by Crippen LogP contribution is -2.09. The lowest BCUT2D eigenvalue weighted by molar-refractivity contribution is -0.115. The summed E-state index contributed by atoms with van der Waals surface area (Å²) in [6, 6.07) is 15.1. The van der Waals surface area contributed by atoms with Crippen LogP contribution in [0.2, 0.25) is 5.02 Å². The first-order chi connectivity index (χ1) is 11.7. The van der Waals surface area contributed by atoms with Crippen molar-refractivity contribution < 1.29 is 4.79 Å². The first-order valence-corrected chi connectivity index (χ1v) is 7.99. The second-order valence-corrected chi connectivity index (χ2v) is 5.71. The molecule has 3 rings (SSSR count). The largest absolute Gasteiger partial charge is 0.352 e. The van der Waals surface area contributed by atoms with Crippen molar-refractivity contribution in [1.82, 2.24) is 10.2 Å². The van der Waals surface area contributed by atoms with Crippen LogP contribution in [0.25, 0.3) is 11.3 Å². The minimum Gasteiger partial charge on any atom is -0.352 e. The molecule has 0 aliphatic heterocycles. The van der Waals surface area contributed by atoms with Crippen molar-refractivity contribution in [2.45, 2.75) is 13.3 Å². The number of H-pyrrole nitrogens is 1. The van der Waals surface area contributed by atoms with Crippen LogP contribution in [0.3, 0.4) is 0 Å². The number of aromatic nitrogens is 2. The third-order valence-electron chi connectivity index (χ3n) is 3.50. The molecule has 1 amide bonds. The number of benzene rings is 2. The van der Waals surface area contributed by atoms with E-state index in [1.165, 1.54) is 0 Å². The third kappa shape index (κ3) is 3.75. The van der Waals surface area contributed by atoms with Gasteiger partial charge in [0.1, 0.15) is 0 Å². The first kappa shape index (κ1) is 16.1. The van der Waals surface area contributed by atoms with Crippen LogP contribution < -0.4 is 10.6 Å². The van der Waals surface area contributed by atoms with E-state index >= 15 is 0 Å². The Morgan fingerprint density at radius 1 is 1.17 bits per heavy atom. The van der Waals surface area contributed by atoms with Gasteiger partial charge in [-0.05, 0) is 30.3 Å². The smallest absolute Gasteiger partial charge is 0.224 e. The van der Waals surface area contributed by atoms with E-state index in [0.717, 1.165) is 28.3 Å². The first-order valence-electron chi connectivity index (χ1n) is 7.62. The Hall–Kier alpha value is -2.79. The number of rotatable bonds is 5. The molecule has 2 aromatic carbocycles. The molecule has 24 heavy (non-hydrogen) atoms. The number of halogens is 1. The van der Waals surface area contributed by atoms with E-state index in [9.17, 15) is 4.79 Å². The minimum atomic E-state index is -0.0194. The molecule has 0 radical (unpaired) electrons. The molecule has 3 N–H and O–H groups in total. The number of nitrogens with one attached hydrogen (secondary N) is 3. The van der Waals surface area contributed by atoms with Crippen LogP contribution in [0.4, 0.5) is 17.1 Å². The standard InChI is InChI=1S/C18H17ClN4O/c1-2-17(24)22-14-7-3-5-12(9-14)18-16(11-20-23-18)21-15-8-4-6-13(19)10-15/h3-11,21H,2H2,1H3,(H,20,23)(H,22,24). The molecule has 0 fully saturated rings. The maximum Gasteiger partial charge on any atom is 0.224 e. The summed E-state index contributed by atoms with van der Waals surface area (Å²) < 4.78 is 0. The molecule has 0 bridgehead atoms. The van der Waals surface area contributed by atoms with Gasteiger partial charge in [0, 0.05) is 28.4 Å². The predicted octanol–water partition coefficient (Wildman–Crippen LogP) is 4.82. The molecular weight excluding hydrogens is 324 g/mol. The Balaban J connectivity index is 1.87. The molecule has 1 aromatic heterocycles. The van der Waals surface area contributed by atoms with Crippen LogP contribution in [0.15, 0.2) is 54.7 Å². The van der Waals surface area contributed by atoms with E-state index in [4.69, 9.17) is 11.6 Å². The maximum absolute atomic E-state index is 11.6. The van der Waals surface area contributed by atoms with Crippen LogP contribution >= 0.6 is 11.6 Å². The van der Waals surface area contributed by atoms with E-state index in [0.29, 0.717) is 11.4 Å². The van der Waals surface area contributed by atoms with E-state index < -0.39 is 0 Å². The zero-order chi connectivity index (χ0) is 16.9. The lowest BCUT2D eigenvalue weighted by Gasteiger charge is -2.09. The number of amides is 1. The summed E-state index contributed by atoms with van der Waals surface area (Å²) in [5.41, 5.74) is 4.22. The van der Waals surface area contributed by atoms with Gasteiger partial charge in [-0.2, -0.15) is 5.10 Å². The Labute approximate surface area is 145 Å². The van der Waals surface area contributed by atoms with Crippen LogP contribution in [0.1, 0.15) is 13.3 Å². The maximum atomic E-state index is 11.6. The van der Waals surface area contributed by atoms with Crippen LogP contribution in [-0.4, -0.2) is 16.1 Å². The highest BCUT2D eigenvalue weighted by Crippen LogP contribution is 2.30. The van der Waals surface area contributed by atoms with Crippen molar-refractivity contribution in [3.63, 3.8) is 0 Å². The van der Waals surface area contributed by atoms with E-state index in [2.05, 4.69) is 20.8 Å². The summed E-state index contributed by atoms with van der Waals surface area (Å²) in [7, 11) is 0. The van der Waals surface area contributed by atoms with Crippen molar-refractivity contribution in [2.24, 2.45) is 0 Å². The normalized spacial score (nSPS) is 10.4. The number of hydrogen-bond donors (Lipinski definition) is 3. The monoisotopic (exact) mass is 340 g/mol. The van der Waals surface area contributed by atoms with Crippen molar-refractivity contribution in [3.8, 4) is 11.3 Å². The number of aromatic amines is 1. The van der Waals surface area contributed by atoms with E-state index in [1.54, 1.807) is 6.20 Å². The van der Waals surface area contributed by atoms with Gasteiger partial charge in [0.25, 0.3) is 0 Å². The molecule has 0 atom stereocenters. The fourth-order valence-electron chi connectivity index (χ4n) is 2.32. The van der Waals surface area contributed by atoms with Gasteiger partial charge >= 0.3 is 0 Å². The van der Waals surface area contributed by atoms with Gasteiger partial charge in [0.15, 0.2) is 0 Å². The highest BCUT2D eigenvalue weighted by atomic mass is 35.5. The van der Waals surface area contributed by atoms with Crippen LogP contribution in [0, 0.1) is 0 Å². The molecule has 3 aromatic rings. The molecule has 6 heteroatoms. The highest BCUT2D eigenvalue weighted by molar-refractivity contribution is 6.30. The minimum absolute atomic E-state index is 0.0194. The zero-order valence-electron chi connectivity index (χ0n) is 13.1. The Kier molecular flexibility index (Phi) is 4.82. The molecule has 5 nitrogen and oxygen atoms in total. The van der Waals surface area contributed by atoms with Gasteiger partial charge in [0.2, 0.25) is 5.91 Å². The fourth-order valence-corrected chi connectivity index (χ4v) is 2.51. The molecule has 0 saturated carbocycles. The van der Waals surface area contributed by atoms with Crippen molar-refractivity contribution >= 4 is 34.6 Å². The van der Waals surface area contributed by atoms with E-state index in [-0.39, 0.29) is 5.91 Å². The summed E-state index contributed by atoms with van der Waals surface area (Å²) in [6.45, 7) is 1.82. The zero-order valence-corrected chi connectivity index (χ0v) is 13.9. The summed E-state index contributed by atoms with van der Waals surface area (Å²) >= 11 is 6.02. The number of carbonyl (C=O) groups excluding carboxylic acids is 1. The summed E-state index contributed by atoms with van der Waals surface area (Å²) in [6.07, 6.45) is 2.16. The van der Waals surface area contributed by atoms with Crippen molar-refractivity contribution in [3.05, 3.63) is 59.8 Å². The summed E-state index contributed by atoms with van der Waals surface area (Å²) in [5, 5.41) is 13.9. The fraction of sp³-hybridized carbons (Fsp3) is 0.111. The Morgan fingerprint density at radius 2 is 1.96 bits per heavy atom. The number of nitrogens with zero attached hydrogens (tertiary/aromatic N) is 1. The van der Waals surface area contributed by atoms with E-state index in [1.807, 2.05) is 55.5 Å². The molecule has 0 saturated heterocycles. The van der Waals surface area contributed by atoms with Crippen LogP contribution in [0.5, 0.6) is 0 Å². The Morgan fingerprint density at radius 3 is 2.75 bits per heavy atom. The van der Waals surface area contributed by atoms with Gasteiger partial charge in [-0.1, -0.05) is 36.7 Å². The molecule has 0 aliphatic rings. The number of hydrogen-bond acceptors (Lipinski definition) is 3. The molecule has 0 unspecified atom stereocenters. The van der Waals surface area contributed by atoms with Crippen molar-refractivity contribution in [1.29, 1.82) is 0 Å². The predicted molar refractivity (Wildman–Crippen MR) is 97.7 cm³/mol. The highest BCUT2D eigenvalue weighted by Gasteiger charge is 2.09. The quantitative estimate of drug-likeness (QED) is 0.623. The SMILES string of the molecule is CCC(=O)Nc1cccc(-c2[nH]ncc2Nc2cccc(Cl)c2)c1. The molecule has 122 valence electrons.